The van der Waals surface area contributed by atoms with Crippen molar-refractivity contribution in [2.75, 3.05) is 0 Å². The number of aryl methyl sites for hydroxylation is 1. The second-order valence-corrected chi connectivity index (χ2v) is 5.50. The van der Waals surface area contributed by atoms with Crippen molar-refractivity contribution in [3.8, 4) is 28.5 Å². The molecule has 23 heavy (non-hydrogen) atoms. The quantitative estimate of drug-likeness (QED) is 0.647. The van der Waals surface area contributed by atoms with E-state index in [0.717, 1.165) is 5.56 Å². The summed E-state index contributed by atoms with van der Waals surface area (Å²) in [5.74, 6) is 2.58. The van der Waals surface area contributed by atoms with E-state index < -0.39 is 0 Å². The Morgan fingerprint density at radius 3 is 2.26 bits per heavy atom. The van der Waals surface area contributed by atoms with E-state index in [2.05, 4.69) is 5.16 Å². The summed E-state index contributed by atoms with van der Waals surface area (Å²) in [6, 6.07) is 17.4. The number of nitrogens with zero attached hydrogens (tertiary/aromatic N) is 1. The summed E-state index contributed by atoms with van der Waals surface area (Å²) in [4.78, 5) is 0. The topological polar surface area (TPSA) is 44.5 Å². The van der Waals surface area contributed by atoms with E-state index in [1.165, 1.54) is 0 Å². The first kappa shape index (κ1) is 15.2. The van der Waals surface area contributed by atoms with Gasteiger partial charge < -0.3 is 14.0 Å². The molecule has 0 saturated carbocycles. The molecule has 0 aliphatic carbocycles. The van der Waals surface area contributed by atoms with Crippen LogP contribution in [0.25, 0.3) is 11.3 Å². The molecule has 0 aliphatic rings. The Morgan fingerprint density at radius 2 is 1.57 bits per heavy atom. The van der Waals surface area contributed by atoms with Crippen molar-refractivity contribution >= 4 is 0 Å². The predicted molar refractivity (Wildman–Crippen MR) is 89.0 cm³/mol. The molecule has 1 heterocycles. The van der Waals surface area contributed by atoms with Gasteiger partial charge in [0.2, 0.25) is 0 Å². The Hall–Kier alpha value is -2.75. The molecule has 0 unspecified atom stereocenters. The number of hydrogen-bond acceptors (Lipinski definition) is 4. The highest BCUT2D eigenvalue weighted by atomic mass is 16.5. The van der Waals surface area contributed by atoms with Gasteiger partial charge in [-0.05, 0) is 26.0 Å². The van der Waals surface area contributed by atoms with E-state index in [4.69, 9.17) is 14.0 Å². The molecule has 0 spiro atoms. The molecule has 0 fully saturated rings. The lowest BCUT2D eigenvalue weighted by Crippen LogP contribution is -2.06. The second kappa shape index (κ2) is 6.57. The Bertz CT molecular complexity index is 778. The molecular formula is C19H19NO3. The molecule has 2 aromatic carbocycles. The van der Waals surface area contributed by atoms with Crippen molar-refractivity contribution in [1.82, 2.24) is 5.16 Å². The third-order valence-electron chi connectivity index (χ3n) is 3.28. The van der Waals surface area contributed by atoms with Crippen molar-refractivity contribution < 1.29 is 14.0 Å². The van der Waals surface area contributed by atoms with Gasteiger partial charge in [0, 0.05) is 12.5 Å². The molecule has 0 saturated heterocycles. The maximum Gasteiger partial charge on any atom is 0.197 e. The first-order valence-electron chi connectivity index (χ1n) is 7.60. The molecule has 4 heteroatoms. The van der Waals surface area contributed by atoms with Gasteiger partial charge in [-0.2, -0.15) is 0 Å². The molecule has 4 nitrogen and oxygen atoms in total. The molecule has 3 rings (SSSR count). The van der Waals surface area contributed by atoms with Crippen LogP contribution < -0.4 is 9.47 Å². The molecule has 0 bridgehead atoms. The van der Waals surface area contributed by atoms with Crippen LogP contribution >= 0.6 is 0 Å². The third-order valence-corrected chi connectivity index (χ3v) is 3.28. The molecule has 0 radical (unpaired) electrons. The number of hydrogen-bond donors (Lipinski definition) is 0. The molecule has 0 N–H and O–H groups in total. The summed E-state index contributed by atoms with van der Waals surface area (Å²) in [6.45, 7) is 5.80. The van der Waals surface area contributed by atoms with Crippen LogP contribution in [0.4, 0.5) is 0 Å². The molecule has 3 aromatic rings. The lowest BCUT2D eigenvalue weighted by atomic mass is 10.1. The maximum atomic E-state index is 6.09. The average Bonchev–Trinajstić information content (AvgIpc) is 2.91. The van der Waals surface area contributed by atoms with Crippen molar-refractivity contribution in [3.05, 3.63) is 60.4 Å². The standard InChI is InChI=1S/C19H19NO3/c1-13(2)21-16-11-7-8-12-17(16)22-19-14(3)23-20-18(19)15-9-5-4-6-10-15/h4-13H,1-3H3. The lowest BCUT2D eigenvalue weighted by Gasteiger charge is -2.14. The molecule has 118 valence electrons. The van der Waals surface area contributed by atoms with Crippen LogP contribution in [0.15, 0.2) is 59.1 Å². The van der Waals surface area contributed by atoms with Crippen LogP contribution in [-0.2, 0) is 0 Å². The smallest absolute Gasteiger partial charge is 0.197 e. The Morgan fingerprint density at radius 1 is 0.913 bits per heavy atom. The average molecular weight is 309 g/mol. The van der Waals surface area contributed by atoms with E-state index in [1.54, 1.807) is 0 Å². The molecule has 0 aliphatic heterocycles. The second-order valence-electron chi connectivity index (χ2n) is 5.50. The fourth-order valence-electron chi connectivity index (χ4n) is 2.26. The summed E-state index contributed by atoms with van der Waals surface area (Å²) in [6.07, 6.45) is 0.0666. The summed E-state index contributed by atoms with van der Waals surface area (Å²) in [7, 11) is 0. The zero-order valence-corrected chi connectivity index (χ0v) is 13.4. The van der Waals surface area contributed by atoms with E-state index in [1.807, 2.05) is 75.4 Å². The normalized spacial score (nSPS) is 10.8. The fraction of sp³-hybridized carbons (Fsp3) is 0.211. The largest absolute Gasteiger partial charge is 0.487 e. The zero-order valence-electron chi connectivity index (χ0n) is 13.4. The van der Waals surface area contributed by atoms with Crippen LogP contribution in [0.2, 0.25) is 0 Å². The van der Waals surface area contributed by atoms with Crippen molar-refractivity contribution in [3.63, 3.8) is 0 Å². The number of rotatable bonds is 5. The predicted octanol–water partition coefficient (Wildman–Crippen LogP) is 5.23. The monoisotopic (exact) mass is 309 g/mol. The summed E-state index contributed by atoms with van der Waals surface area (Å²) >= 11 is 0. The van der Waals surface area contributed by atoms with Crippen LogP contribution in [0.3, 0.4) is 0 Å². The van der Waals surface area contributed by atoms with Crippen LogP contribution in [0.5, 0.6) is 17.2 Å². The van der Waals surface area contributed by atoms with Crippen LogP contribution in [0.1, 0.15) is 19.6 Å². The molecule has 1 aromatic heterocycles. The number of ether oxygens (including phenoxy) is 2. The number of benzene rings is 2. The highest BCUT2D eigenvalue weighted by molar-refractivity contribution is 5.67. The Labute approximate surface area is 135 Å². The first-order chi connectivity index (χ1) is 11.1. The van der Waals surface area contributed by atoms with E-state index in [0.29, 0.717) is 28.7 Å². The summed E-state index contributed by atoms with van der Waals surface area (Å²) in [5, 5.41) is 4.13. The first-order valence-corrected chi connectivity index (χ1v) is 7.60. The zero-order chi connectivity index (χ0) is 16.2. The van der Waals surface area contributed by atoms with E-state index in [9.17, 15) is 0 Å². The van der Waals surface area contributed by atoms with Gasteiger partial charge in [-0.25, -0.2) is 0 Å². The molecule has 0 atom stereocenters. The van der Waals surface area contributed by atoms with Gasteiger partial charge in [0.15, 0.2) is 28.7 Å². The van der Waals surface area contributed by atoms with E-state index in [-0.39, 0.29) is 6.10 Å². The minimum absolute atomic E-state index is 0.0666. The minimum Gasteiger partial charge on any atom is -0.487 e. The van der Waals surface area contributed by atoms with Crippen LogP contribution in [0, 0.1) is 6.92 Å². The van der Waals surface area contributed by atoms with Crippen molar-refractivity contribution in [2.24, 2.45) is 0 Å². The summed E-state index contributed by atoms with van der Waals surface area (Å²) in [5.41, 5.74) is 1.63. The van der Waals surface area contributed by atoms with Gasteiger partial charge in [0.05, 0.1) is 6.10 Å². The van der Waals surface area contributed by atoms with Crippen LogP contribution in [-0.4, -0.2) is 11.3 Å². The van der Waals surface area contributed by atoms with Gasteiger partial charge in [-0.1, -0.05) is 47.6 Å². The highest BCUT2D eigenvalue weighted by Crippen LogP contribution is 2.39. The van der Waals surface area contributed by atoms with Gasteiger partial charge >= 0.3 is 0 Å². The summed E-state index contributed by atoms with van der Waals surface area (Å²) < 4.78 is 17.2. The maximum absolute atomic E-state index is 6.09. The van der Waals surface area contributed by atoms with Gasteiger partial charge in [0.25, 0.3) is 0 Å². The highest BCUT2D eigenvalue weighted by Gasteiger charge is 2.18. The minimum atomic E-state index is 0.0666. The van der Waals surface area contributed by atoms with Crippen molar-refractivity contribution in [2.45, 2.75) is 26.9 Å². The molecular weight excluding hydrogens is 290 g/mol. The Balaban J connectivity index is 1.97. The van der Waals surface area contributed by atoms with Gasteiger partial charge in [0.1, 0.15) is 0 Å². The van der Waals surface area contributed by atoms with Gasteiger partial charge in [-0.15, -0.1) is 0 Å². The number of para-hydroxylation sites is 2. The van der Waals surface area contributed by atoms with Gasteiger partial charge in [-0.3, -0.25) is 0 Å². The number of aromatic nitrogens is 1. The Kier molecular flexibility index (Phi) is 4.33. The lowest BCUT2D eigenvalue weighted by molar-refractivity contribution is 0.233. The SMILES string of the molecule is Cc1onc(-c2ccccc2)c1Oc1ccccc1OC(C)C. The van der Waals surface area contributed by atoms with Crippen molar-refractivity contribution in [1.29, 1.82) is 0 Å². The molecule has 0 amide bonds. The van der Waals surface area contributed by atoms with E-state index >= 15 is 0 Å². The fourth-order valence-corrected chi connectivity index (χ4v) is 2.26. The third kappa shape index (κ3) is 3.37.